The molecule has 4 nitrogen and oxygen atoms in total. The first-order chi connectivity index (χ1) is 7.28. The summed E-state index contributed by atoms with van der Waals surface area (Å²) in [6.07, 6.45) is 1.30. The molecule has 1 fully saturated rings. The van der Waals surface area contributed by atoms with Crippen molar-refractivity contribution < 1.29 is 9.84 Å². The predicted octanol–water partition coefficient (Wildman–Crippen LogP) is 1.05. The van der Waals surface area contributed by atoms with E-state index in [1.54, 1.807) is 24.4 Å². The van der Waals surface area contributed by atoms with Crippen LogP contribution >= 0.6 is 0 Å². The van der Waals surface area contributed by atoms with E-state index in [0.29, 0.717) is 18.7 Å². The second-order valence-corrected chi connectivity index (χ2v) is 3.73. The number of aromatic nitrogens is 1. The Morgan fingerprint density at radius 1 is 1.60 bits per heavy atom. The van der Waals surface area contributed by atoms with E-state index in [1.165, 1.54) is 0 Å². The lowest BCUT2D eigenvalue weighted by Gasteiger charge is -2.24. The van der Waals surface area contributed by atoms with Gasteiger partial charge in [0.1, 0.15) is 11.5 Å². The smallest absolute Gasteiger partial charge is 0.117 e. The molecule has 0 bridgehead atoms. The number of hydrogen-bond acceptors (Lipinski definition) is 4. The Balaban J connectivity index is 2.27. The molecule has 78 valence electrons. The summed E-state index contributed by atoms with van der Waals surface area (Å²) >= 11 is 0. The van der Waals surface area contributed by atoms with Gasteiger partial charge in [0.2, 0.25) is 0 Å². The molecule has 0 amide bonds. The number of nitriles is 1. The zero-order valence-corrected chi connectivity index (χ0v) is 8.26. The van der Waals surface area contributed by atoms with Crippen LogP contribution in [0.15, 0.2) is 24.4 Å². The summed E-state index contributed by atoms with van der Waals surface area (Å²) < 4.78 is 5.18. The van der Waals surface area contributed by atoms with Crippen LogP contribution in [-0.4, -0.2) is 23.3 Å². The van der Waals surface area contributed by atoms with Crippen molar-refractivity contribution >= 4 is 0 Å². The van der Waals surface area contributed by atoms with Crippen molar-refractivity contribution in [2.24, 2.45) is 5.41 Å². The average molecular weight is 204 g/mol. The molecule has 1 N–H and O–H groups in total. The third-order valence-corrected chi connectivity index (χ3v) is 2.77. The highest BCUT2D eigenvalue weighted by atomic mass is 16.5. The van der Waals surface area contributed by atoms with Crippen molar-refractivity contribution in [3.8, 4) is 6.07 Å². The second-order valence-electron chi connectivity index (χ2n) is 3.73. The average Bonchev–Trinajstić information content (AvgIpc) is 2.79. The van der Waals surface area contributed by atoms with E-state index in [0.717, 1.165) is 0 Å². The van der Waals surface area contributed by atoms with E-state index in [1.807, 2.05) is 0 Å². The van der Waals surface area contributed by atoms with Crippen molar-refractivity contribution in [3.63, 3.8) is 0 Å². The van der Waals surface area contributed by atoms with Crippen LogP contribution in [0.3, 0.4) is 0 Å². The fourth-order valence-electron chi connectivity index (χ4n) is 1.77. The van der Waals surface area contributed by atoms with Crippen LogP contribution in [0.1, 0.15) is 18.2 Å². The molecule has 4 heteroatoms. The molecule has 2 heterocycles. The van der Waals surface area contributed by atoms with E-state index in [2.05, 4.69) is 11.1 Å². The third-order valence-electron chi connectivity index (χ3n) is 2.77. The predicted molar refractivity (Wildman–Crippen MR) is 52.7 cm³/mol. The Bertz CT molecular complexity index is 366. The first-order valence-corrected chi connectivity index (χ1v) is 4.86. The van der Waals surface area contributed by atoms with E-state index < -0.39 is 11.5 Å². The summed E-state index contributed by atoms with van der Waals surface area (Å²) in [5, 5.41) is 19.2. The number of rotatable bonds is 2. The maximum absolute atomic E-state index is 10.1. The highest BCUT2D eigenvalue weighted by Crippen LogP contribution is 2.39. The zero-order chi connectivity index (χ0) is 10.7. The molecular weight excluding hydrogens is 192 g/mol. The van der Waals surface area contributed by atoms with E-state index >= 15 is 0 Å². The first kappa shape index (κ1) is 10.1. The van der Waals surface area contributed by atoms with Gasteiger partial charge in [0.15, 0.2) is 0 Å². The van der Waals surface area contributed by atoms with Crippen LogP contribution in [-0.2, 0) is 4.74 Å². The van der Waals surface area contributed by atoms with Gasteiger partial charge in [-0.25, -0.2) is 0 Å². The molecule has 0 aliphatic carbocycles. The summed E-state index contributed by atoms with van der Waals surface area (Å²) in [7, 11) is 0. The van der Waals surface area contributed by atoms with Gasteiger partial charge < -0.3 is 9.84 Å². The number of pyridine rings is 1. The molecule has 0 spiro atoms. The van der Waals surface area contributed by atoms with Gasteiger partial charge in [-0.1, -0.05) is 6.07 Å². The van der Waals surface area contributed by atoms with E-state index in [-0.39, 0.29) is 6.61 Å². The summed E-state index contributed by atoms with van der Waals surface area (Å²) in [4.78, 5) is 4.06. The Kier molecular flexibility index (Phi) is 2.67. The molecule has 1 aromatic rings. The molecule has 1 aliphatic heterocycles. The number of hydrogen-bond donors (Lipinski definition) is 1. The Labute approximate surface area is 88.1 Å². The highest BCUT2D eigenvalue weighted by molar-refractivity contribution is 5.17. The minimum absolute atomic E-state index is 0.279. The maximum atomic E-state index is 10.1. The lowest BCUT2D eigenvalue weighted by molar-refractivity contribution is 0.0473. The van der Waals surface area contributed by atoms with Crippen molar-refractivity contribution in [2.45, 2.75) is 12.5 Å². The van der Waals surface area contributed by atoms with Gasteiger partial charge in [-0.3, -0.25) is 4.98 Å². The van der Waals surface area contributed by atoms with E-state index in [9.17, 15) is 5.11 Å². The van der Waals surface area contributed by atoms with Crippen LogP contribution in [0.25, 0.3) is 0 Å². The van der Waals surface area contributed by atoms with E-state index in [4.69, 9.17) is 10.00 Å². The monoisotopic (exact) mass is 204 g/mol. The largest absolute Gasteiger partial charge is 0.385 e. The lowest BCUT2D eigenvalue weighted by atomic mass is 9.81. The Morgan fingerprint density at radius 2 is 2.47 bits per heavy atom. The summed E-state index contributed by atoms with van der Waals surface area (Å²) in [6.45, 7) is 0.804. The van der Waals surface area contributed by atoms with Gasteiger partial charge in [0, 0.05) is 12.8 Å². The van der Waals surface area contributed by atoms with Gasteiger partial charge in [0.25, 0.3) is 0 Å². The second kappa shape index (κ2) is 3.97. The van der Waals surface area contributed by atoms with Crippen LogP contribution in [0.4, 0.5) is 0 Å². The summed E-state index contributed by atoms with van der Waals surface area (Å²) in [5.74, 6) is 0. The summed E-state index contributed by atoms with van der Waals surface area (Å²) in [6, 6.07) is 7.46. The molecule has 0 saturated carbocycles. The molecule has 2 rings (SSSR count). The molecular formula is C11H12N2O2. The Hall–Kier alpha value is -1.44. The van der Waals surface area contributed by atoms with Gasteiger partial charge in [-0.05, 0) is 18.6 Å². The van der Waals surface area contributed by atoms with Gasteiger partial charge in [-0.2, -0.15) is 5.26 Å². The quantitative estimate of drug-likeness (QED) is 0.781. The molecule has 2 atom stereocenters. The minimum Gasteiger partial charge on any atom is -0.385 e. The van der Waals surface area contributed by atoms with Crippen molar-refractivity contribution in [2.75, 3.05) is 13.2 Å². The van der Waals surface area contributed by atoms with Crippen LogP contribution in [0.2, 0.25) is 0 Å². The zero-order valence-electron chi connectivity index (χ0n) is 8.26. The van der Waals surface area contributed by atoms with Gasteiger partial charge in [-0.15, -0.1) is 0 Å². The normalized spacial score (nSPS) is 27.2. The first-order valence-electron chi connectivity index (χ1n) is 4.86. The van der Waals surface area contributed by atoms with Crippen LogP contribution in [0, 0.1) is 16.7 Å². The van der Waals surface area contributed by atoms with Gasteiger partial charge in [0.05, 0.1) is 18.4 Å². The SMILES string of the molecule is N#CC1(C(O)c2ccccn2)CCOC1. The van der Waals surface area contributed by atoms with Crippen molar-refractivity contribution in [3.05, 3.63) is 30.1 Å². The standard InChI is InChI=1S/C11H12N2O2/c12-7-11(4-6-15-8-11)10(14)9-3-1-2-5-13-9/h1-3,5,10,14H,4,6,8H2. The number of aliphatic hydroxyl groups excluding tert-OH is 1. The Morgan fingerprint density at radius 3 is 3.00 bits per heavy atom. The summed E-state index contributed by atoms with van der Waals surface area (Å²) in [5.41, 5.74) is -0.293. The van der Waals surface area contributed by atoms with Crippen LogP contribution in [0.5, 0.6) is 0 Å². The fourth-order valence-corrected chi connectivity index (χ4v) is 1.77. The number of ether oxygens (including phenoxy) is 1. The van der Waals surface area contributed by atoms with Crippen LogP contribution < -0.4 is 0 Å². The van der Waals surface area contributed by atoms with Gasteiger partial charge >= 0.3 is 0 Å². The molecule has 15 heavy (non-hydrogen) atoms. The molecule has 1 aromatic heterocycles. The number of nitrogens with zero attached hydrogens (tertiary/aromatic N) is 2. The molecule has 2 unspecified atom stereocenters. The molecule has 1 aliphatic rings. The molecule has 0 aromatic carbocycles. The van der Waals surface area contributed by atoms with Crippen molar-refractivity contribution in [1.82, 2.24) is 4.98 Å². The molecule has 0 radical (unpaired) electrons. The maximum Gasteiger partial charge on any atom is 0.117 e. The number of aliphatic hydroxyl groups is 1. The molecule has 1 saturated heterocycles. The topological polar surface area (TPSA) is 66.1 Å². The van der Waals surface area contributed by atoms with Crippen molar-refractivity contribution in [1.29, 1.82) is 5.26 Å². The third kappa shape index (κ3) is 1.72. The lowest BCUT2D eigenvalue weighted by Crippen LogP contribution is -2.28. The fraction of sp³-hybridized carbons (Fsp3) is 0.455. The minimum atomic E-state index is -0.869. The highest BCUT2D eigenvalue weighted by Gasteiger charge is 2.43.